The van der Waals surface area contributed by atoms with Crippen LogP contribution in [0.5, 0.6) is 0 Å². The van der Waals surface area contributed by atoms with Crippen LogP contribution in [0.2, 0.25) is 0 Å². The third-order valence-electron chi connectivity index (χ3n) is 6.15. The highest BCUT2D eigenvalue weighted by Gasteiger charge is 2.37. The zero-order chi connectivity index (χ0) is 19.8. The molecule has 0 radical (unpaired) electrons. The predicted octanol–water partition coefficient (Wildman–Crippen LogP) is 3.92. The summed E-state index contributed by atoms with van der Waals surface area (Å²) < 4.78 is 0. The summed E-state index contributed by atoms with van der Waals surface area (Å²) in [5.41, 5.74) is 5.79. The van der Waals surface area contributed by atoms with Crippen LogP contribution in [0.15, 0.2) is 61.2 Å². The average molecular weight is 384 g/mol. The van der Waals surface area contributed by atoms with Crippen LogP contribution in [0, 0.1) is 11.8 Å². The number of carbonyl (C=O) groups is 1. The largest absolute Gasteiger partial charge is 0.344 e. The van der Waals surface area contributed by atoms with E-state index in [0.717, 1.165) is 49.4 Å². The topological polar surface area (TPSA) is 58.1 Å². The first-order chi connectivity index (χ1) is 14.2. The summed E-state index contributed by atoms with van der Waals surface area (Å²) in [6.45, 7) is 5.59. The highest BCUT2D eigenvalue weighted by atomic mass is 16.2. The maximum absolute atomic E-state index is 12.7. The number of nitrogens with zero attached hydrogens (tertiary/aromatic N) is 3. The molecule has 2 unspecified atom stereocenters. The molecule has 0 saturated carbocycles. The molecular formula is C24H24N4O. The van der Waals surface area contributed by atoms with E-state index in [1.54, 1.807) is 12.3 Å². The van der Waals surface area contributed by atoms with Gasteiger partial charge in [0.15, 0.2) is 0 Å². The molecule has 1 aliphatic carbocycles. The fourth-order valence-corrected chi connectivity index (χ4v) is 4.58. The van der Waals surface area contributed by atoms with Gasteiger partial charge in [-0.25, -0.2) is 4.98 Å². The van der Waals surface area contributed by atoms with Gasteiger partial charge in [-0.15, -0.1) is 0 Å². The summed E-state index contributed by atoms with van der Waals surface area (Å²) in [5, 5.41) is 3.22. The molecule has 5 rings (SSSR count). The standard InChI is InChI=1S/C24H24N4O/c1-16-2-4-19-10-17(13-26-24(19)27-16)3-5-23(29)28-14-21-11-20(12-22(21)15-28)18-6-8-25-9-7-18/h3,5-11,13,21-22H,1-2,4,12,14-15H2,(H,26,27)/b5-3+. The molecular weight excluding hydrogens is 360 g/mol. The smallest absolute Gasteiger partial charge is 0.246 e. The number of aryl methyl sites for hydroxylation is 1. The van der Waals surface area contributed by atoms with Crippen molar-refractivity contribution in [1.29, 1.82) is 0 Å². The Balaban J connectivity index is 1.23. The minimum Gasteiger partial charge on any atom is -0.344 e. The highest BCUT2D eigenvalue weighted by molar-refractivity contribution is 5.92. The van der Waals surface area contributed by atoms with Crippen LogP contribution in [0.4, 0.5) is 5.82 Å². The van der Waals surface area contributed by atoms with Crippen molar-refractivity contribution in [2.45, 2.75) is 19.3 Å². The number of hydrogen-bond donors (Lipinski definition) is 1. The summed E-state index contributed by atoms with van der Waals surface area (Å²) in [4.78, 5) is 23.2. The van der Waals surface area contributed by atoms with Crippen LogP contribution in [0.25, 0.3) is 11.6 Å². The molecule has 1 fully saturated rings. The van der Waals surface area contributed by atoms with Crippen LogP contribution in [0.1, 0.15) is 29.5 Å². The van der Waals surface area contributed by atoms with Gasteiger partial charge in [0.2, 0.25) is 5.91 Å². The summed E-state index contributed by atoms with van der Waals surface area (Å²) in [6, 6.07) is 6.24. The van der Waals surface area contributed by atoms with Gasteiger partial charge in [-0.1, -0.05) is 12.7 Å². The molecule has 1 saturated heterocycles. The van der Waals surface area contributed by atoms with Crippen molar-refractivity contribution < 1.29 is 4.79 Å². The van der Waals surface area contributed by atoms with Gasteiger partial charge >= 0.3 is 0 Å². The third kappa shape index (κ3) is 3.60. The van der Waals surface area contributed by atoms with Crippen LogP contribution in [-0.4, -0.2) is 33.9 Å². The van der Waals surface area contributed by atoms with Crippen LogP contribution in [0.3, 0.4) is 0 Å². The number of pyridine rings is 2. The number of hydrogen-bond acceptors (Lipinski definition) is 4. The van der Waals surface area contributed by atoms with Gasteiger partial charge in [-0.3, -0.25) is 9.78 Å². The molecule has 2 aliphatic heterocycles. The molecule has 0 spiro atoms. The number of anilines is 1. The lowest BCUT2D eigenvalue weighted by Crippen LogP contribution is -2.27. The van der Waals surface area contributed by atoms with Crippen molar-refractivity contribution in [3.8, 4) is 0 Å². The van der Waals surface area contributed by atoms with Gasteiger partial charge in [0.05, 0.1) is 0 Å². The molecule has 4 heterocycles. The first-order valence-corrected chi connectivity index (χ1v) is 10.2. The average Bonchev–Trinajstić information content (AvgIpc) is 3.32. The van der Waals surface area contributed by atoms with Gasteiger partial charge in [-0.05, 0) is 77.6 Å². The molecule has 2 aromatic heterocycles. The Bertz CT molecular complexity index is 1020. The van der Waals surface area contributed by atoms with E-state index in [4.69, 9.17) is 0 Å². The minimum absolute atomic E-state index is 0.0856. The SMILES string of the molecule is C=C1CCc2cc(/C=C/C(=O)N3CC4C=C(c5ccncc5)CC4C3)cnc2N1. The van der Waals surface area contributed by atoms with Gasteiger partial charge < -0.3 is 10.2 Å². The number of aromatic nitrogens is 2. The van der Waals surface area contributed by atoms with Gasteiger partial charge in [0, 0.05) is 43.5 Å². The number of carbonyl (C=O) groups excluding carboxylic acids is 1. The summed E-state index contributed by atoms with van der Waals surface area (Å²) in [5.74, 6) is 1.96. The third-order valence-corrected chi connectivity index (χ3v) is 6.15. The number of rotatable bonds is 3. The molecule has 1 N–H and O–H groups in total. The first kappa shape index (κ1) is 17.9. The number of likely N-dealkylation sites (tertiary alicyclic amines) is 1. The maximum Gasteiger partial charge on any atom is 0.246 e. The van der Waals surface area contributed by atoms with Crippen molar-refractivity contribution in [1.82, 2.24) is 14.9 Å². The number of allylic oxidation sites excluding steroid dienone is 2. The zero-order valence-electron chi connectivity index (χ0n) is 16.3. The van der Waals surface area contributed by atoms with Crippen molar-refractivity contribution in [3.63, 3.8) is 0 Å². The van der Waals surface area contributed by atoms with E-state index in [9.17, 15) is 4.79 Å². The second kappa shape index (κ2) is 7.32. The normalized spacial score (nSPS) is 23.0. The van der Waals surface area contributed by atoms with E-state index in [2.05, 4.69) is 46.1 Å². The van der Waals surface area contributed by atoms with Gasteiger partial charge in [0.1, 0.15) is 5.82 Å². The molecule has 29 heavy (non-hydrogen) atoms. The van der Waals surface area contributed by atoms with E-state index in [-0.39, 0.29) is 5.91 Å². The first-order valence-electron chi connectivity index (χ1n) is 10.2. The lowest BCUT2D eigenvalue weighted by atomic mass is 9.99. The molecule has 2 aromatic rings. The van der Waals surface area contributed by atoms with E-state index in [0.29, 0.717) is 11.8 Å². The Hall–Kier alpha value is -3.21. The lowest BCUT2D eigenvalue weighted by Gasteiger charge is -2.19. The van der Waals surface area contributed by atoms with Crippen molar-refractivity contribution in [2.75, 3.05) is 18.4 Å². The molecule has 5 heteroatoms. The Morgan fingerprint density at radius 2 is 2.10 bits per heavy atom. The molecule has 5 nitrogen and oxygen atoms in total. The van der Waals surface area contributed by atoms with E-state index in [1.165, 1.54) is 16.7 Å². The second-order valence-corrected chi connectivity index (χ2v) is 8.14. The van der Waals surface area contributed by atoms with Crippen molar-refractivity contribution in [2.24, 2.45) is 11.8 Å². The van der Waals surface area contributed by atoms with Crippen LogP contribution in [-0.2, 0) is 11.2 Å². The highest BCUT2D eigenvalue weighted by Crippen LogP contribution is 2.40. The quantitative estimate of drug-likeness (QED) is 0.815. The monoisotopic (exact) mass is 384 g/mol. The van der Waals surface area contributed by atoms with E-state index >= 15 is 0 Å². The Morgan fingerprint density at radius 3 is 2.93 bits per heavy atom. The summed E-state index contributed by atoms with van der Waals surface area (Å²) in [6.07, 6.45) is 14.3. The Morgan fingerprint density at radius 1 is 1.24 bits per heavy atom. The Kier molecular flexibility index (Phi) is 4.51. The molecule has 0 aromatic carbocycles. The molecule has 0 bridgehead atoms. The fourth-order valence-electron chi connectivity index (χ4n) is 4.58. The van der Waals surface area contributed by atoms with Crippen molar-refractivity contribution >= 4 is 23.4 Å². The maximum atomic E-state index is 12.7. The summed E-state index contributed by atoms with van der Waals surface area (Å²) in [7, 11) is 0. The zero-order valence-corrected chi connectivity index (χ0v) is 16.3. The molecule has 1 amide bonds. The molecule has 2 atom stereocenters. The van der Waals surface area contributed by atoms with Crippen LogP contribution >= 0.6 is 0 Å². The van der Waals surface area contributed by atoms with Crippen LogP contribution < -0.4 is 5.32 Å². The molecule has 3 aliphatic rings. The van der Waals surface area contributed by atoms with E-state index in [1.807, 2.05) is 23.4 Å². The van der Waals surface area contributed by atoms with Crippen molar-refractivity contribution in [3.05, 3.63) is 77.9 Å². The number of fused-ring (bicyclic) bond motifs is 2. The second-order valence-electron chi connectivity index (χ2n) is 8.14. The van der Waals surface area contributed by atoms with Gasteiger partial charge in [-0.2, -0.15) is 0 Å². The van der Waals surface area contributed by atoms with Gasteiger partial charge in [0.25, 0.3) is 0 Å². The molecule has 146 valence electrons. The fraction of sp³-hybridized carbons (Fsp3) is 0.292. The predicted molar refractivity (Wildman–Crippen MR) is 115 cm³/mol. The minimum atomic E-state index is 0.0856. The lowest BCUT2D eigenvalue weighted by molar-refractivity contribution is -0.125. The number of nitrogens with one attached hydrogen (secondary N) is 1. The Labute approximate surface area is 170 Å². The summed E-state index contributed by atoms with van der Waals surface area (Å²) >= 11 is 0. The van der Waals surface area contributed by atoms with E-state index < -0.39 is 0 Å². The number of amides is 1.